The molecule has 1 N–H and O–H groups in total. The molecular weight excluding hydrogens is 392 g/mol. The molecule has 0 aliphatic rings. The molecule has 1 amide bonds. The van der Waals surface area contributed by atoms with Gasteiger partial charge in [0.15, 0.2) is 0 Å². The van der Waals surface area contributed by atoms with E-state index < -0.39 is 27.9 Å². The lowest BCUT2D eigenvalue weighted by Crippen LogP contribution is -2.45. The van der Waals surface area contributed by atoms with Crippen LogP contribution in [0.25, 0.3) is 0 Å². The molecule has 0 saturated carbocycles. The quantitative estimate of drug-likeness (QED) is 0.739. The number of sulfonamides is 1. The van der Waals surface area contributed by atoms with Crippen LogP contribution in [0.3, 0.4) is 0 Å². The van der Waals surface area contributed by atoms with E-state index in [1.165, 1.54) is 26.2 Å². The number of hydrogen-bond acceptors (Lipinski definition) is 5. The fourth-order valence-electron chi connectivity index (χ4n) is 2.51. The van der Waals surface area contributed by atoms with Crippen molar-refractivity contribution in [1.29, 1.82) is 0 Å². The minimum Gasteiger partial charge on any atom is -0.465 e. The zero-order chi connectivity index (χ0) is 20.2. The van der Waals surface area contributed by atoms with Crippen LogP contribution in [0, 0.1) is 0 Å². The summed E-state index contributed by atoms with van der Waals surface area (Å²) in [7, 11) is -2.50. The van der Waals surface area contributed by atoms with E-state index in [9.17, 15) is 18.0 Å². The summed E-state index contributed by atoms with van der Waals surface area (Å²) in [6, 6.07) is 11.3. The smallest absolute Gasteiger partial charge is 0.337 e. The number of carbonyl (C=O) groups is 2. The molecule has 1 atom stereocenters. The van der Waals surface area contributed by atoms with Gasteiger partial charge in [0.2, 0.25) is 15.9 Å². The molecule has 0 spiro atoms. The molecule has 9 heteroatoms. The molecule has 0 unspecified atom stereocenters. The lowest BCUT2D eigenvalue weighted by molar-refractivity contribution is -0.116. The maximum atomic E-state index is 12.6. The van der Waals surface area contributed by atoms with Gasteiger partial charge in [-0.05, 0) is 43.3 Å². The van der Waals surface area contributed by atoms with Crippen molar-refractivity contribution in [3.63, 3.8) is 0 Å². The highest BCUT2D eigenvalue weighted by atomic mass is 35.5. The van der Waals surface area contributed by atoms with Gasteiger partial charge in [-0.15, -0.1) is 0 Å². The SMILES string of the molecule is COC(=O)c1cccc(NC(=O)[C@H](C)N(c2cccc(Cl)c2)S(C)(=O)=O)c1. The van der Waals surface area contributed by atoms with Crippen molar-refractivity contribution < 1.29 is 22.7 Å². The van der Waals surface area contributed by atoms with Gasteiger partial charge in [0, 0.05) is 10.7 Å². The second-order valence-electron chi connectivity index (χ2n) is 5.78. The molecule has 0 heterocycles. The summed E-state index contributed by atoms with van der Waals surface area (Å²) in [5.41, 5.74) is 0.878. The maximum Gasteiger partial charge on any atom is 0.337 e. The Hall–Kier alpha value is -2.58. The molecular formula is C18H19ClN2O5S. The van der Waals surface area contributed by atoms with Gasteiger partial charge in [0.05, 0.1) is 24.6 Å². The van der Waals surface area contributed by atoms with E-state index in [1.807, 2.05) is 0 Å². The van der Waals surface area contributed by atoms with Gasteiger partial charge < -0.3 is 10.1 Å². The molecule has 0 saturated heterocycles. The van der Waals surface area contributed by atoms with Gasteiger partial charge in [0.1, 0.15) is 6.04 Å². The number of benzene rings is 2. The highest BCUT2D eigenvalue weighted by Gasteiger charge is 2.29. The topological polar surface area (TPSA) is 92.8 Å². The summed E-state index contributed by atoms with van der Waals surface area (Å²) in [5, 5.41) is 2.96. The van der Waals surface area contributed by atoms with E-state index in [0.717, 1.165) is 10.6 Å². The minimum atomic E-state index is -3.76. The third kappa shape index (κ3) is 5.21. The number of nitrogens with zero attached hydrogens (tertiary/aromatic N) is 1. The molecule has 144 valence electrons. The van der Waals surface area contributed by atoms with Gasteiger partial charge in [-0.3, -0.25) is 9.10 Å². The van der Waals surface area contributed by atoms with Crippen LogP contribution >= 0.6 is 11.6 Å². The number of anilines is 2. The highest BCUT2D eigenvalue weighted by molar-refractivity contribution is 7.92. The monoisotopic (exact) mass is 410 g/mol. The summed E-state index contributed by atoms with van der Waals surface area (Å²) in [4.78, 5) is 24.3. The van der Waals surface area contributed by atoms with Crippen molar-refractivity contribution in [3.05, 3.63) is 59.1 Å². The zero-order valence-corrected chi connectivity index (χ0v) is 16.5. The van der Waals surface area contributed by atoms with Crippen LogP contribution in [0.5, 0.6) is 0 Å². The van der Waals surface area contributed by atoms with E-state index in [2.05, 4.69) is 10.1 Å². The molecule has 0 aliphatic heterocycles. The van der Waals surface area contributed by atoms with E-state index >= 15 is 0 Å². The Morgan fingerprint density at radius 1 is 1.15 bits per heavy atom. The van der Waals surface area contributed by atoms with Crippen LogP contribution in [0.15, 0.2) is 48.5 Å². The zero-order valence-electron chi connectivity index (χ0n) is 15.0. The van der Waals surface area contributed by atoms with Crippen LogP contribution < -0.4 is 9.62 Å². The first-order valence-corrected chi connectivity index (χ1v) is 10.1. The molecule has 0 aromatic heterocycles. The predicted octanol–water partition coefficient (Wildman–Crippen LogP) is 2.92. The second kappa shape index (κ2) is 8.41. The first kappa shape index (κ1) is 20.7. The molecule has 27 heavy (non-hydrogen) atoms. The lowest BCUT2D eigenvalue weighted by atomic mass is 10.2. The fraction of sp³-hybridized carbons (Fsp3) is 0.222. The molecule has 7 nitrogen and oxygen atoms in total. The summed E-state index contributed by atoms with van der Waals surface area (Å²) in [5.74, 6) is -1.11. The first-order chi connectivity index (χ1) is 12.6. The number of amides is 1. The average molecular weight is 411 g/mol. The number of carbonyl (C=O) groups excluding carboxylic acids is 2. The minimum absolute atomic E-state index is 0.262. The van der Waals surface area contributed by atoms with Crippen molar-refractivity contribution in [2.45, 2.75) is 13.0 Å². The van der Waals surface area contributed by atoms with Gasteiger partial charge in [0.25, 0.3) is 0 Å². The van der Waals surface area contributed by atoms with Crippen molar-refractivity contribution in [2.75, 3.05) is 23.0 Å². The number of hydrogen-bond donors (Lipinski definition) is 1. The van der Waals surface area contributed by atoms with Gasteiger partial charge in [-0.1, -0.05) is 23.7 Å². The van der Waals surface area contributed by atoms with Crippen molar-refractivity contribution >= 4 is 44.9 Å². The molecule has 0 aliphatic carbocycles. The van der Waals surface area contributed by atoms with Crippen molar-refractivity contribution in [2.24, 2.45) is 0 Å². The molecule has 2 aromatic carbocycles. The highest BCUT2D eigenvalue weighted by Crippen LogP contribution is 2.24. The fourth-order valence-corrected chi connectivity index (χ4v) is 3.86. The number of ether oxygens (including phenoxy) is 1. The van der Waals surface area contributed by atoms with E-state index in [0.29, 0.717) is 10.7 Å². The van der Waals surface area contributed by atoms with Gasteiger partial charge >= 0.3 is 5.97 Å². The molecule has 0 fully saturated rings. The van der Waals surface area contributed by atoms with Gasteiger partial charge in [-0.2, -0.15) is 0 Å². The van der Waals surface area contributed by atoms with Crippen LogP contribution in [0.2, 0.25) is 5.02 Å². The number of rotatable bonds is 6. The standard InChI is InChI=1S/C18H19ClN2O5S/c1-12(21(27(3,24)25)16-9-5-7-14(19)11-16)17(22)20-15-8-4-6-13(10-15)18(23)26-2/h4-12H,1-3H3,(H,20,22)/t12-/m0/s1. The number of halogens is 1. The van der Waals surface area contributed by atoms with E-state index in [1.54, 1.807) is 36.4 Å². The average Bonchev–Trinajstić information content (AvgIpc) is 2.60. The number of esters is 1. The summed E-state index contributed by atoms with van der Waals surface area (Å²) in [6.07, 6.45) is 1.01. The Bertz CT molecular complexity index is 962. The summed E-state index contributed by atoms with van der Waals surface area (Å²) < 4.78 is 30.2. The van der Waals surface area contributed by atoms with E-state index in [4.69, 9.17) is 11.6 Å². The Morgan fingerprint density at radius 2 is 1.81 bits per heavy atom. The Labute approximate surface area is 162 Å². The lowest BCUT2D eigenvalue weighted by Gasteiger charge is -2.28. The number of methoxy groups -OCH3 is 1. The maximum absolute atomic E-state index is 12.6. The molecule has 2 aromatic rings. The van der Waals surface area contributed by atoms with Crippen LogP contribution in [-0.4, -0.2) is 39.7 Å². The second-order valence-corrected chi connectivity index (χ2v) is 8.07. The van der Waals surface area contributed by atoms with Crippen molar-refractivity contribution in [3.8, 4) is 0 Å². The summed E-state index contributed by atoms with van der Waals surface area (Å²) >= 11 is 5.95. The third-order valence-electron chi connectivity index (χ3n) is 3.70. The summed E-state index contributed by atoms with van der Waals surface area (Å²) in [6.45, 7) is 1.46. The molecule has 0 radical (unpaired) electrons. The molecule has 2 rings (SSSR count). The Balaban J connectivity index is 2.29. The van der Waals surface area contributed by atoms with Crippen LogP contribution in [0.1, 0.15) is 17.3 Å². The predicted molar refractivity (Wildman–Crippen MR) is 105 cm³/mol. The first-order valence-electron chi connectivity index (χ1n) is 7.87. The Morgan fingerprint density at radius 3 is 2.41 bits per heavy atom. The van der Waals surface area contributed by atoms with Crippen LogP contribution in [0.4, 0.5) is 11.4 Å². The molecule has 0 bridgehead atoms. The van der Waals surface area contributed by atoms with Crippen molar-refractivity contribution in [1.82, 2.24) is 0 Å². The van der Waals surface area contributed by atoms with Gasteiger partial charge in [-0.25, -0.2) is 13.2 Å². The van der Waals surface area contributed by atoms with Crippen LogP contribution in [-0.2, 0) is 19.6 Å². The number of nitrogens with one attached hydrogen (secondary N) is 1. The van der Waals surface area contributed by atoms with E-state index in [-0.39, 0.29) is 11.3 Å². The third-order valence-corrected chi connectivity index (χ3v) is 5.18. The Kier molecular flexibility index (Phi) is 6.45. The largest absolute Gasteiger partial charge is 0.465 e. The normalized spacial score (nSPS) is 12.1.